The number of rotatable bonds is 0. The van der Waals surface area contributed by atoms with Gasteiger partial charge in [-0.3, -0.25) is 0 Å². The zero-order valence-corrected chi connectivity index (χ0v) is 6.45. The highest BCUT2D eigenvalue weighted by Crippen LogP contribution is 2.22. The maximum absolute atomic E-state index is 12.7. The van der Waals surface area contributed by atoms with Gasteiger partial charge in [-0.1, -0.05) is 0 Å². The third-order valence-electron chi connectivity index (χ3n) is 1.68. The normalized spacial score (nSPS) is 10.5. The zero-order valence-electron chi connectivity index (χ0n) is 6.45. The van der Waals surface area contributed by atoms with Crippen LogP contribution in [0.2, 0.25) is 0 Å². The molecule has 2 rings (SSSR count). The van der Waals surface area contributed by atoms with Crippen LogP contribution in [0.15, 0.2) is 33.5 Å². The summed E-state index contributed by atoms with van der Waals surface area (Å²) in [6, 6.07) is 4.46. The van der Waals surface area contributed by atoms with E-state index in [1.807, 2.05) is 0 Å². The van der Waals surface area contributed by atoms with E-state index >= 15 is 0 Å². The molecule has 4 heteroatoms. The third kappa shape index (κ3) is 1.26. The summed E-state index contributed by atoms with van der Waals surface area (Å²) in [5.74, 6) is -0.762. The Kier molecular flexibility index (Phi) is 1.55. The average molecular weight is 180 g/mol. The van der Waals surface area contributed by atoms with E-state index in [-0.39, 0.29) is 16.7 Å². The Balaban J connectivity index is 2.95. The van der Waals surface area contributed by atoms with E-state index in [9.17, 15) is 14.3 Å². The fourth-order valence-corrected chi connectivity index (χ4v) is 1.12. The molecular weight excluding hydrogens is 175 g/mol. The Morgan fingerprint density at radius 1 is 1.31 bits per heavy atom. The molecule has 1 N–H and O–H groups in total. The molecule has 0 saturated heterocycles. The van der Waals surface area contributed by atoms with Crippen molar-refractivity contribution in [2.45, 2.75) is 0 Å². The molecule has 1 aromatic carbocycles. The van der Waals surface area contributed by atoms with Gasteiger partial charge in [-0.05, 0) is 18.2 Å². The van der Waals surface area contributed by atoms with Crippen molar-refractivity contribution in [2.75, 3.05) is 0 Å². The van der Waals surface area contributed by atoms with Gasteiger partial charge in [-0.25, -0.2) is 9.18 Å². The summed E-state index contributed by atoms with van der Waals surface area (Å²) in [5.41, 5.74) is -0.483. The molecule has 1 heterocycles. The lowest BCUT2D eigenvalue weighted by molar-refractivity contribution is 0.467. The van der Waals surface area contributed by atoms with E-state index < -0.39 is 11.4 Å². The van der Waals surface area contributed by atoms with E-state index in [0.717, 1.165) is 18.2 Å². The molecule has 0 radical (unpaired) electrons. The fraction of sp³-hybridized carbons (Fsp3) is 0. The van der Waals surface area contributed by atoms with Crippen LogP contribution in [0, 0.1) is 5.82 Å². The fourth-order valence-electron chi connectivity index (χ4n) is 1.12. The Labute approximate surface area is 72.0 Å². The van der Waals surface area contributed by atoms with Crippen LogP contribution in [0.25, 0.3) is 11.0 Å². The van der Waals surface area contributed by atoms with Crippen molar-refractivity contribution in [3.05, 3.63) is 40.5 Å². The van der Waals surface area contributed by atoms with Gasteiger partial charge in [0.1, 0.15) is 17.1 Å². The summed E-state index contributed by atoms with van der Waals surface area (Å²) in [5, 5.41) is 9.44. The lowest BCUT2D eigenvalue weighted by atomic mass is 10.2. The molecule has 2 aromatic rings. The van der Waals surface area contributed by atoms with Gasteiger partial charge in [0, 0.05) is 0 Å². The molecule has 0 aliphatic carbocycles. The molecule has 0 bridgehead atoms. The van der Waals surface area contributed by atoms with Crippen LogP contribution >= 0.6 is 0 Å². The molecule has 0 spiro atoms. The van der Waals surface area contributed by atoms with Gasteiger partial charge in [0.05, 0.1) is 11.5 Å². The highest BCUT2D eigenvalue weighted by Gasteiger charge is 2.04. The van der Waals surface area contributed by atoms with Crippen molar-refractivity contribution in [1.82, 2.24) is 0 Å². The summed E-state index contributed by atoms with van der Waals surface area (Å²) in [6.07, 6.45) is 0. The van der Waals surface area contributed by atoms with Crippen molar-refractivity contribution in [2.24, 2.45) is 0 Å². The monoisotopic (exact) mass is 180 g/mol. The van der Waals surface area contributed by atoms with Crippen molar-refractivity contribution < 1.29 is 13.9 Å². The summed E-state index contributed by atoms with van der Waals surface area (Å²) in [4.78, 5) is 10.8. The minimum Gasteiger partial charge on any atom is -0.507 e. The number of fused-ring (bicyclic) bond motifs is 1. The lowest BCUT2D eigenvalue weighted by Gasteiger charge is -1.97. The summed E-state index contributed by atoms with van der Waals surface area (Å²) in [7, 11) is 0. The minimum absolute atomic E-state index is 0.173. The van der Waals surface area contributed by atoms with Gasteiger partial charge in [-0.15, -0.1) is 0 Å². The summed E-state index contributed by atoms with van der Waals surface area (Å²) >= 11 is 0. The Hall–Kier alpha value is -1.84. The standard InChI is InChI=1S/C9H5FO3/c10-5-1-2-8-6(3-5)7(11)4-9(12)13-8/h1-4,11H. The summed E-state index contributed by atoms with van der Waals surface area (Å²) in [6.45, 7) is 0. The molecule has 13 heavy (non-hydrogen) atoms. The second kappa shape index (κ2) is 2.58. The van der Waals surface area contributed by atoms with Gasteiger partial charge < -0.3 is 9.52 Å². The van der Waals surface area contributed by atoms with Crippen LogP contribution in [-0.4, -0.2) is 5.11 Å². The van der Waals surface area contributed by atoms with Gasteiger partial charge >= 0.3 is 5.63 Å². The minimum atomic E-state index is -0.656. The number of benzene rings is 1. The SMILES string of the molecule is O=c1cc(O)c2cc(F)ccc2o1. The smallest absolute Gasteiger partial charge is 0.339 e. The van der Waals surface area contributed by atoms with Gasteiger partial charge in [-0.2, -0.15) is 0 Å². The van der Waals surface area contributed by atoms with Crippen LogP contribution in [0.5, 0.6) is 5.75 Å². The van der Waals surface area contributed by atoms with E-state index in [4.69, 9.17) is 4.42 Å². The van der Waals surface area contributed by atoms with E-state index in [0.29, 0.717) is 0 Å². The van der Waals surface area contributed by atoms with Crippen LogP contribution in [0.3, 0.4) is 0 Å². The van der Waals surface area contributed by atoms with Crippen LogP contribution in [0.4, 0.5) is 4.39 Å². The van der Waals surface area contributed by atoms with Gasteiger partial charge in [0.15, 0.2) is 0 Å². The molecule has 0 amide bonds. The molecule has 0 unspecified atom stereocenters. The predicted molar refractivity (Wildman–Crippen MR) is 44.1 cm³/mol. The lowest BCUT2D eigenvalue weighted by Crippen LogP contribution is -1.95. The third-order valence-corrected chi connectivity index (χ3v) is 1.68. The number of halogens is 1. The maximum Gasteiger partial charge on any atom is 0.339 e. The largest absolute Gasteiger partial charge is 0.507 e. The predicted octanol–water partition coefficient (Wildman–Crippen LogP) is 1.64. The molecule has 0 saturated carbocycles. The van der Waals surface area contributed by atoms with Crippen molar-refractivity contribution in [3.63, 3.8) is 0 Å². The maximum atomic E-state index is 12.7. The number of aromatic hydroxyl groups is 1. The topological polar surface area (TPSA) is 50.4 Å². The zero-order chi connectivity index (χ0) is 9.42. The van der Waals surface area contributed by atoms with Crippen molar-refractivity contribution in [3.8, 4) is 5.75 Å². The highest BCUT2D eigenvalue weighted by molar-refractivity contribution is 5.82. The van der Waals surface area contributed by atoms with Crippen LogP contribution in [0.1, 0.15) is 0 Å². The van der Waals surface area contributed by atoms with Crippen molar-refractivity contribution in [1.29, 1.82) is 0 Å². The molecule has 66 valence electrons. The molecule has 0 fully saturated rings. The van der Waals surface area contributed by atoms with Crippen LogP contribution in [-0.2, 0) is 0 Å². The van der Waals surface area contributed by atoms with Crippen molar-refractivity contribution >= 4 is 11.0 Å². The Bertz CT molecular complexity index is 516. The molecule has 0 aliphatic heterocycles. The van der Waals surface area contributed by atoms with E-state index in [2.05, 4.69) is 0 Å². The Morgan fingerprint density at radius 3 is 2.85 bits per heavy atom. The molecular formula is C9H5FO3. The first-order valence-corrected chi connectivity index (χ1v) is 3.59. The first-order chi connectivity index (χ1) is 6.16. The summed E-state index contributed by atoms with van der Waals surface area (Å²) < 4.78 is 17.4. The second-order valence-corrected chi connectivity index (χ2v) is 2.59. The number of hydrogen-bond acceptors (Lipinski definition) is 3. The molecule has 0 atom stereocenters. The van der Waals surface area contributed by atoms with Crippen LogP contribution < -0.4 is 5.63 Å². The highest BCUT2D eigenvalue weighted by atomic mass is 19.1. The van der Waals surface area contributed by atoms with Gasteiger partial charge in [0.2, 0.25) is 0 Å². The van der Waals surface area contributed by atoms with E-state index in [1.165, 1.54) is 6.07 Å². The molecule has 0 aliphatic rings. The second-order valence-electron chi connectivity index (χ2n) is 2.59. The number of hydrogen-bond donors (Lipinski definition) is 1. The average Bonchev–Trinajstić information content (AvgIpc) is 2.06. The van der Waals surface area contributed by atoms with Gasteiger partial charge in [0.25, 0.3) is 0 Å². The quantitative estimate of drug-likeness (QED) is 0.627. The molecule has 3 nitrogen and oxygen atoms in total. The Morgan fingerprint density at radius 2 is 2.08 bits per heavy atom. The molecule has 1 aromatic heterocycles. The first-order valence-electron chi connectivity index (χ1n) is 3.59. The van der Waals surface area contributed by atoms with E-state index in [1.54, 1.807) is 0 Å². The first kappa shape index (κ1) is 7.79.